The number of nitrogens with one attached hydrogen (secondary N) is 1. The van der Waals surface area contributed by atoms with E-state index in [-0.39, 0.29) is 6.42 Å². The van der Waals surface area contributed by atoms with Gasteiger partial charge < -0.3 is 89.5 Å². The minimum absolute atomic E-state index is 0.0807. The number of nitrogens with zero attached hydrogens (tertiary/aromatic N) is 1. The molecule has 0 radical (unpaired) electrons. The first-order chi connectivity index (χ1) is 25.0. The van der Waals surface area contributed by atoms with Crippen molar-refractivity contribution in [3.05, 3.63) is 0 Å². The fourth-order valence-corrected chi connectivity index (χ4v) is 6.86. The molecule has 4 rings (SSSR count). The molecule has 3 saturated heterocycles. The van der Waals surface area contributed by atoms with Gasteiger partial charge in [-0.05, 0) is 20.3 Å². The number of ketones is 2. The van der Waals surface area contributed by atoms with Crippen LogP contribution in [0.1, 0.15) is 27.2 Å². The van der Waals surface area contributed by atoms with Crippen molar-refractivity contribution in [3.8, 4) is 0 Å². The number of Topliss-reactive ketones (excluding diaryl/α,β-unsaturated/α-hetero) is 2. The van der Waals surface area contributed by atoms with Gasteiger partial charge in [0.15, 0.2) is 36.8 Å². The van der Waals surface area contributed by atoms with Gasteiger partial charge >= 0.3 is 0 Å². The predicted molar refractivity (Wildman–Crippen MR) is 169 cm³/mol. The van der Waals surface area contributed by atoms with Crippen LogP contribution in [0.15, 0.2) is 4.99 Å². The number of rotatable bonds is 13. The average molecular weight is 771 g/mol. The van der Waals surface area contributed by atoms with E-state index in [0.717, 1.165) is 27.2 Å². The number of carbonyl (C=O) groups is 3. The molecule has 0 bridgehead atoms. The van der Waals surface area contributed by atoms with Gasteiger partial charge in [0.05, 0.1) is 25.9 Å². The van der Waals surface area contributed by atoms with Crippen LogP contribution in [0.25, 0.3) is 0 Å². The number of aliphatic imine (C=N–C) groups is 1. The Morgan fingerprint density at radius 2 is 1.25 bits per heavy atom. The van der Waals surface area contributed by atoms with Crippen molar-refractivity contribution >= 4 is 23.9 Å². The lowest BCUT2D eigenvalue weighted by Gasteiger charge is -2.50. The Hall–Kier alpha value is -2.36. The molecule has 20 atom stereocenters. The van der Waals surface area contributed by atoms with Crippen molar-refractivity contribution in [1.82, 2.24) is 5.32 Å². The fourth-order valence-electron chi connectivity index (χ4n) is 6.86. The third kappa shape index (κ3) is 9.37. The van der Waals surface area contributed by atoms with Crippen molar-refractivity contribution in [2.75, 3.05) is 20.3 Å². The van der Waals surface area contributed by atoms with Crippen LogP contribution in [-0.2, 0) is 47.5 Å². The van der Waals surface area contributed by atoms with E-state index in [2.05, 4.69) is 10.3 Å². The minimum Gasteiger partial charge on any atom is -0.487 e. The maximum atomic E-state index is 13.0. The number of aliphatic hydroxyl groups excluding tert-OH is 10. The second kappa shape index (κ2) is 18.5. The molecule has 4 aliphatic rings. The predicted octanol–water partition coefficient (Wildman–Crippen LogP) is -7.07. The maximum Gasteiger partial charge on any atom is 0.217 e. The van der Waals surface area contributed by atoms with E-state index in [9.17, 15) is 65.4 Å². The van der Waals surface area contributed by atoms with Gasteiger partial charge in [-0.3, -0.25) is 14.4 Å². The number of hydrogen-bond acceptors (Lipinski definition) is 21. The Morgan fingerprint density at radius 1 is 0.679 bits per heavy atom. The molecule has 11 N–H and O–H groups in total. The Balaban J connectivity index is 1.62. The van der Waals surface area contributed by atoms with Gasteiger partial charge in [0.25, 0.3) is 0 Å². The van der Waals surface area contributed by atoms with Crippen molar-refractivity contribution in [1.29, 1.82) is 0 Å². The van der Waals surface area contributed by atoms with Crippen molar-refractivity contribution in [2.45, 2.75) is 144 Å². The molecule has 1 amide bonds. The minimum atomic E-state index is -2.06. The van der Waals surface area contributed by atoms with E-state index in [1.165, 1.54) is 7.11 Å². The summed E-state index contributed by atoms with van der Waals surface area (Å²) in [6.45, 7) is 1.67. The van der Waals surface area contributed by atoms with Crippen molar-refractivity contribution in [2.24, 2.45) is 10.9 Å². The van der Waals surface area contributed by atoms with E-state index in [0.29, 0.717) is 0 Å². The van der Waals surface area contributed by atoms with E-state index in [1.807, 2.05) is 0 Å². The quantitative estimate of drug-likeness (QED) is 0.0612. The molecule has 1 saturated carbocycles. The Bertz CT molecular complexity index is 1280. The van der Waals surface area contributed by atoms with Crippen molar-refractivity contribution < 1.29 is 98.6 Å². The van der Waals surface area contributed by atoms with Crippen molar-refractivity contribution in [3.63, 3.8) is 0 Å². The summed E-state index contributed by atoms with van der Waals surface area (Å²) < 4.78 is 39.2. The standard InChI is InChI=1S/C31H50N2O20/c1-9(36)24-20(43)19(42)22(45)30(49-24)52-27-16(33-11(3)38)29(48-14(7-35)18(27)41)53-28-21(44)23(46)31(50-25(28)10(2)37)51-26-15(32-8-47-4)13(39)5-12(6-34)17(26)40/h8,12-31,34-35,39-46H,5-7H2,1-4H3,(H,33,38)/t12-,13-,14-,15+,16-,17-,18-,19+,20+,21-,22-,23-,24-,25-,26-,27-,28+,29+,30+,31+/m1/s1. The molecule has 0 spiro atoms. The lowest BCUT2D eigenvalue weighted by Crippen LogP contribution is -2.70. The second-order valence-electron chi connectivity index (χ2n) is 13.5. The molecule has 304 valence electrons. The zero-order valence-corrected chi connectivity index (χ0v) is 29.2. The molecule has 3 aliphatic heterocycles. The topological polar surface area (TPSA) is 343 Å². The highest BCUT2D eigenvalue weighted by molar-refractivity contribution is 5.81. The first-order valence-corrected chi connectivity index (χ1v) is 16.9. The summed E-state index contributed by atoms with van der Waals surface area (Å²) in [4.78, 5) is 41.5. The highest BCUT2D eigenvalue weighted by Gasteiger charge is 2.56. The van der Waals surface area contributed by atoms with E-state index < -0.39 is 153 Å². The van der Waals surface area contributed by atoms with Gasteiger partial charge in [-0.2, -0.15) is 0 Å². The summed E-state index contributed by atoms with van der Waals surface area (Å²) in [7, 11) is 1.28. The van der Waals surface area contributed by atoms with E-state index in [1.54, 1.807) is 0 Å². The molecule has 53 heavy (non-hydrogen) atoms. The molecule has 0 aromatic carbocycles. The molecule has 4 fully saturated rings. The molecule has 3 heterocycles. The molecular weight excluding hydrogens is 720 g/mol. The molecule has 0 aromatic rings. The summed E-state index contributed by atoms with van der Waals surface area (Å²) in [6, 6.07) is -2.83. The van der Waals surface area contributed by atoms with Crippen LogP contribution in [0, 0.1) is 5.92 Å². The Labute approximate surface area is 302 Å². The largest absolute Gasteiger partial charge is 0.487 e. The van der Waals surface area contributed by atoms with Gasteiger partial charge in [-0.1, -0.05) is 0 Å². The first kappa shape index (κ1) is 43.4. The molecule has 22 heteroatoms. The van der Waals surface area contributed by atoms with E-state index >= 15 is 0 Å². The highest BCUT2D eigenvalue weighted by atomic mass is 16.8. The number of amides is 1. The molecule has 22 nitrogen and oxygen atoms in total. The van der Waals surface area contributed by atoms with Crippen LogP contribution in [0.4, 0.5) is 0 Å². The van der Waals surface area contributed by atoms with Crippen LogP contribution in [0.2, 0.25) is 0 Å². The Kier molecular flexibility index (Phi) is 15.2. The third-order valence-corrected chi connectivity index (χ3v) is 9.68. The normalized spacial score (nSPS) is 46.5. The lowest BCUT2D eigenvalue weighted by molar-refractivity contribution is -0.363. The number of carbonyl (C=O) groups excluding carboxylic acids is 3. The average Bonchev–Trinajstić information content (AvgIpc) is 3.10. The maximum absolute atomic E-state index is 13.0. The van der Waals surface area contributed by atoms with Gasteiger partial charge in [0.1, 0.15) is 85.3 Å². The first-order valence-electron chi connectivity index (χ1n) is 16.9. The lowest BCUT2D eigenvalue weighted by atomic mass is 9.80. The van der Waals surface area contributed by atoms with Gasteiger partial charge in [-0.15, -0.1) is 0 Å². The Morgan fingerprint density at radius 3 is 1.79 bits per heavy atom. The van der Waals surface area contributed by atoms with Gasteiger partial charge in [-0.25, -0.2) is 4.99 Å². The van der Waals surface area contributed by atoms with Crippen LogP contribution >= 0.6 is 0 Å². The number of methoxy groups -OCH3 is 1. The van der Waals surface area contributed by atoms with E-state index in [4.69, 9.17) is 33.2 Å². The molecular formula is C31H50N2O20. The summed E-state index contributed by atoms with van der Waals surface area (Å²) in [5.74, 6) is -3.20. The number of aliphatic hydroxyl groups is 10. The third-order valence-electron chi connectivity index (χ3n) is 9.68. The summed E-state index contributed by atoms with van der Waals surface area (Å²) in [6.07, 6.45) is -29.3. The zero-order valence-electron chi connectivity index (χ0n) is 29.2. The van der Waals surface area contributed by atoms with Crippen LogP contribution in [0.5, 0.6) is 0 Å². The van der Waals surface area contributed by atoms with Gasteiger partial charge in [0.2, 0.25) is 5.91 Å². The van der Waals surface area contributed by atoms with Crippen LogP contribution in [-0.4, -0.2) is 212 Å². The highest BCUT2D eigenvalue weighted by Crippen LogP contribution is 2.36. The molecule has 0 aromatic heterocycles. The SMILES string of the molecule is COC=N[C@@H]1[C@@H](O[C@@H]2O[C@H](C(C)=O)[C@@H](O[C@@H]3O[C@H](CO)[C@@H](O)[C@H](O[C@@H]4O[C@H](C(C)=O)[C@@H](O)[C@H](O)[C@H]4O)[C@H]3NC(C)=O)[C@H](O)[C@H]2O)[C@H](O)[C@@H](CO)C[C@H]1O. The summed E-state index contributed by atoms with van der Waals surface area (Å²) >= 11 is 0. The smallest absolute Gasteiger partial charge is 0.217 e. The fraction of sp³-hybridized carbons (Fsp3) is 0.871. The zero-order chi connectivity index (χ0) is 39.5. The van der Waals surface area contributed by atoms with Gasteiger partial charge in [0, 0.05) is 19.4 Å². The number of hydrogen-bond donors (Lipinski definition) is 11. The second-order valence-corrected chi connectivity index (χ2v) is 13.5. The molecule has 1 aliphatic carbocycles. The number of ether oxygens (including phenoxy) is 7. The van der Waals surface area contributed by atoms with Crippen LogP contribution < -0.4 is 5.32 Å². The summed E-state index contributed by atoms with van der Waals surface area (Å²) in [5.41, 5.74) is 0. The molecule has 0 unspecified atom stereocenters. The van der Waals surface area contributed by atoms with Crippen LogP contribution in [0.3, 0.4) is 0 Å². The summed E-state index contributed by atoms with van der Waals surface area (Å²) in [5, 5.41) is 109. The monoisotopic (exact) mass is 770 g/mol.